The zero-order chi connectivity index (χ0) is 12.9. The van der Waals surface area contributed by atoms with Crippen molar-refractivity contribution in [2.24, 2.45) is 0 Å². The van der Waals surface area contributed by atoms with Crippen LogP contribution in [0.5, 0.6) is 0 Å². The van der Waals surface area contributed by atoms with Gasteiger partial charge in [0.05, 0.1) is 6.29 Å². The van der Waals surface area contributed by atoms with Crippen LogP contribution in [0.2, 0.25) is 0 Å². The summed E-state index contributed by atoms with van der Waals surface area (Å²) in [7, 11) is -2.02. The number of hydrogen-bond acceptors (Lipinski definition) is 3. The second-order valence-electron chi connectivity index (χ2n) is 4.13. The third-order valence-electron chi connectivity index (χ3n) is 2.55. The first-order valence-corrected chi connectivity index (χ1v) is 7.45. The van der Waals surface area contributed by atoms with Gasteiger partial charge in [-0.1, -0.05) is 30.3 Å². The van der Waals surface area contributed by atoms with Crippen LogP contribution in [0, 0.1) is 0 Å². The Labute approximate surface area is 130 Å². The van der Waals surface area contributed by atoms with Crippen LogP contribution in [0.1, 0.15) is 12.5 Å². The number of rotatable bonds is 5. The van der Waals surface area contributed by atoms with Crippen LogP contribution in [0.3, 0.4) is 0 Å². The zero-order valence-electron chi connectivity index (χ0n) is 11.1. The average Bonchev–Trinajstić information content (AvgIpc) is 2.27. The summed E-state index contributed by atoms with van der Waals surface area (Å²) in [4.78, 5) is 23.9. The monoisotopic (exact) mass is 277 g/mol. The van der Waals surface area contributed by atoms with Gasteiger partial charge in [0, 0.05) is 21.3 Å². The Bertz CT molecular complexity index is 425. The smallest absolute Gasteiger partial charge is 0.798 e. The minimum atomic E-state index is -3.51. The van der Waals surface area contributed by atoms with Crippen molar-refractivity contribution in [2.75, 3.05) is 19.5 Å². The van der Waals surface area contributed by atoms with Crippen molar-refractivity contribution in [1.82, 2.24) is 4.90 Å². The quantitative estimate of drug-likeness (QED) is 0.476. The number of carbonyl (C=O) groups excluding carboxylic acids is 1. The van der Waals surface area contributed by atoms with E-state index in [2.05, 4.69) is 0 Å². The minimum absolute atomic E-state index is 0. The van der Waals surface area contributed by atoms with E-state index in [-0.39, 0.29) is 47.9 Å². The Kier molecular flexibility index (Phi) is 8.08. The van der Waals surface area contributed by atoms with E-state index >= 15 is 0 Å². The van der Waals surface area contributed by atoms with Crippen molar-refractivity contribution in [2.45, 2.75) is 13.3 Å². The van der Waals surface area contributed by atoms with Crippen LogP contribution >= 0.6 is 7.37 Å². The summed E-state index contributed by atoms with van der Waals surface area (Å²) in [5.41, 5.74) is 0.994. The van der Waals surface area contributed by atoms with Crippen molar-refractivity contribution in [3.05, 3.63) is 35.9 Å². The number of benzene rings is 1. The number of nitrogens with zero attached hydrogens (tertiary/aromatic N) is 1. The fourth-order valence-corrected chi connectivity index (χ4v) is 3.02. The molecule has 0 N–H and O–H groups in total. The summed E-state index contributed by atoms with van der Waals surface area (Å²) >= 11 is 0. The van der Waals surface area contributed by atoms with E-state index in [0.717, 1.165) is 5.56 Å². The Morgan fingerprint density at radius 2 is 1.89 bits per heavy atom. The molecule has 1 aromatic carbocycles. The molecule has 1 atom stereocenters. The second-order valence-corrected chi connectivity index (χ2v) is 6.49. The SMILES string of the molecule is CC(=O)N(C)CP(=O)([O-])CCc1ccccc1.[Na+]. The maximum atomic E-state index is 11.8. The Hall–Kier alpha value is -0.120. The first-order valence-electron chi connectivity index (χ1n) is 5.45. The first kappa shape index (κ1) is 17.9. The Morgan fingerprint density at radius 1 is 1.33 bits per heavy atom. The first-order chi connectivity index (χ1) is 7.91. The van der Waals surface area contributed by atoms with Gasteiger partial charge in [-0.25, -0.2) is 0 Å². The van der Waals surface area contributed by atoms with Gasteiger partial charge >= 0.3 is 29.6 Å². The van der Waals surface area contributed by atoms with Crippen molar-refractivity contribution in [3.63, 3.8) is 0 Å². The molecular formula is C12H17NNaO3P. The molecule has 0 aliphatic heterocycles. The second kappa shape index (κ2) is 8.13. The molecule has 1 amide bonds. The molecule has 0 aliphatic carbocycles. The summed E-state index contributed by atoms with van der Waals surface area (Å²) in [6.45, 7) is 1.36. The minimum Gasteiger partial charge on any atom is -0.798 e. The van der Waals surface area contributed by atoms with Gasteiger partial charge in [-0.15, -0.1) is 0 Å². The molecule has 0 bridgehead atoms. The molecule has 1 unspecified atom stereocenters. The average molecular weight is 277 g/mol. The largest absolute Gasteiger partial charge is 1.00 e. The normalized spacial score (nSPS) is 13.3. The summed E-state index contributed by atoms with van der Waals surface area (Å²) < 4.78 is 11.8. The summed E-state index contributed by atoms with van der Waals surface area (Å²) in [5.74, 6) is -0.235. The molecule has 0 saturated carbocycles. The van der Waals surface area contributed by atoms with Crippen molar-refractivity contribution < 1.29 is 43.8 Å². The van der Waals surface area contributed by atoms with E-state index in [1.165, 1.54) is 18.9 Å². The van der Waals surface area contributed by atoms with Crippen molar-refractivity contribution >= 4 is 13.3 Å². The van der Waals surface area contributed by atoms with Crippen molar-refractivity contribution in [1.29, 1.82) is 0 Å². The van der Waals surface area contributed by atoms with Gasteiger partial charge in [-0.05, 0) is 18.1 Å². The fraction of sp³-hybridized carbons (Fsp3) is 0.417. The maximum Gasteiger partial charge on any atom is 1.00 e. The molecule has 1 rings (SSSR count). The van der Waals surface area contributed by atoms with E-state index in [1.807, 2.05) is 30.3 Å². The number of aryl methyl sites for hydroxylation is 1. The topological polar surface area (TPSA) is 60.4 Å². The standard InChI is InChI=1S/C12H18NO3P.Na/c1-11(14)13(2)10-17(15,16)9-8-12-6-4-3-5-7-12;/h3-7H,8-10H2,1-2H3,(H,15,16);/q;+1/p-1. The molecule has 0 saturated heterocycles. The molecule has 94 valence electrons. The fourth-order valence-electron chi connectivity index (χ4n) is 1.44. The zero-order valence-corrected chi connectivity index (χ0v) is 14.0. The molecule has 18 heavy (non-hydrogen) atoms. The van der Waals surface area contributed by atoms with Crippen LogP contribution in [0.25, 0.3) is 0 Å². The molecule has 0 fully saturated rings. The molecule has 0 aromatic heterocycles. The summed E-state index contributed by atoms with van der Waals surface area (Å²) in [6, 6.07) is 9.45. The molecule has 0 radical (unpaired) electrons. The van der Waals surface area contributed by atoms with Gasteiger partial charge in [-0.3, -0.25) is 4.79 Å². The summed E-state index contributed by atoms with van der Waals surface area (Å²) in [6.07, 6.45) is 0.400. The van der Waals surface area contributed by atoms with E-state index in [1.54, 1.807) is 0 Å². The Balaban J connectivity index is 0.00000289. The molecule has 0 heterocycles. The van der Waals surface area contributed by atoms with Crippen LogP contribution in [-0.4, -0.2) is 30.3 Å². The number of hydrogen-bond donors (Lipinski definition) is 0. The van der Waals surface area contributed by atoms with Gasteiger partial charge < -0.3 is 14.4 Å². The summed E-state index contributed by atoms with van der Waals surface area (Å²) in [5, 5.41) is 0. The van der Waals surface area contributed by atoms with Crippen LogP contribution in [0.15, 0.2) is 30.3 Å². The molecule has 6 heteroatoms. The Morgan fingerprint density at radius 3 is 2.39 bits per heavy atom. The molecular weight excluding hydrogens is 260 g/mol. The van der Waals surface area contributed by atoms with Gasteiger partial charge in [0.2, 0.25) is 5.91 Å². The predicted molar refractivity (Wildman–Crippen MR) is 65.9 cm³/mol. The van der Waals surface area contributed by atoms with Crippen molar-refractivity contribution in [3.8, 4) is 0 Å². The number of carbonyl (C=O) groups is 1. The molecule has 1 aromatic rings. The third-order valence-corrected chi connectivity index (χ3v) is 4.31. The van der Waals surface area contributed by atoms with Crippen LogP contribution < -0.4 is 34.5 Å². The van der Waals surface area contributed by atoms with E-state index in [9.17, 15) is 14.3 Å². The third kappa shape index (κ3) is 6.72. The van der Waals surface area contributed by atoms with E-state index in [4.69, 9.17) is 0 Å². The molecule has 0 spiro atoms. The van der Waals surface area contributed by atoms with Gasteiger partial charge in [0.15, 0.2) is 0 Å². The van der Waals surface area contributed by atoms with Crippen LogP contribution in [0.4, 0.5) is 0 Å². The van der Waals surface area contributed by atoms with Crippen LogP contribution in [-0.2, 0) is 15.8 Å². The van der Waals surface area contributed by atoms with Gasteiger partial charge in [0.1, 0.15) is 0 Å². The van der Waals surface area contributed by atoms with E-state index in [0.29, 0.717) is 6.42 Å². The van der Waals surface area contributed by atoms with E-state index < -0.39 is 7.37 Å². The predicted octanol–water partition coefficient (Wildman–Crippen LogP) is -1.69. The molecule has 0 aliphatic rings. The molecule has 4 nitrogen and oxygen atoms in total. The van der Waals surface area contributed by atoms with Gasteiger partial charge in [-0.2, -0.15) is 0 Å². The number of amides is 1. The maximum absolute atomic E-state index is 11.8. The van der Waals surface area contributed by atoms with Gasteiger partial charge in [0.25, 0.3) is 0 Å².